The van der Waals surface area contributed by atoms with Crippen molar-refractivity contribution < 1.29 is 18.4 Å². The first kappa shape index (κ1) is 18.6. The SMILES string of the molecule is Cc1cc(=O)oc2cc(OCc3cccc(C(=O)NCc4ccco4)c3)ccc12. The highest BCUT2D eigenvalue weighted by Gasteiger charge is 2.08. The lowest BCUT2D eigenvalue weighted by atomic mass is 10.1. The molecular formula is C23H19NO5. The summed E-state index contributed by atoms with van der Waals surface area (Å²) in [7, 11) is 0. The minimum absolute atomic E-state index is 0.189. The third-order valence-electron chi connectivity index (χ3n) is 4.52. The fourth-order valence-corrected chi connectivity index (χ4v) is 3.05. The molecule has 4 rings (SSSR count). The summed E-state index contributed by atoms with van der Waals surface area (Å²) in [5.41, 5.74) is 2.34. The summed E-state index contributed by atoms with van der Waals surface area (Å²) in [5, 5.41) is 3.69. The molecule has 0 saturated carbocycles. The standard InChI is InChI=1S/C23H19NO5/c1-15-10-22(25)29-21-12-18(7-8-20(15)21)28-14-16-4-2-5-17(11-16)23(26)24-13-19-6-3-9-27-19/h2-12H,13-14H2,1H3,(H,24,26). The first-order chi connectivity index (χ1) is 14.1. The lowest BCUT2D eigenvalue weighted by molar-refractivity contribution is 0.0948. The number of aryl methyl sites for hydroxylation is 1. The molecule has 0 spiro atoms. The van der Waals surface area contributed by atoms with Gasteiger partial charge in [-0.1, -0.05) is 12.1 Å². The van der Waals surface area contributed by atoms with Crippen molar-refractivity contribution in [3.8, 4) is 5.75 Å². The van der Waals surface area contributed by atoms with Crippen molar-refractivity contribution in [1.82, 2.24) is 5.32 Å². The first-order valence-corrected chi connectivity index (χ1v) is 9.15. The van der Waals surface area contributed by atoms with Crippen molar-refractivity contribution in [2.45, 2.75) is 20.1 Å². The van der Waals surface area contributed by atoms with Gasteiger partial charge in [-0.3, -0.25) is 4.79 Å². The van der Waals surface area contributed by atoms with Gasteiger partial charge in [-0.2, -0.15) is 0 Å². The van der Waals surface area contributed by atoms with E-state index in [1.54, 1.807) is 36.6 Å². The number of fused-ring (bicyclic) bond motifs is 1. The van der Waals surface area contributed by atoms with Gasteiger partial charge in [0, 0.05) is 23.1 Å². The van der Waals surface area contributed by atoms with Gasteiger partial charge in [0.1, 0.15) is 23.7 Å². The largest absolute Gasteiger partial charge is 0.489 e. The smallest absolute Gasteiger partial charge is 0.336 e. The molecule has 29 heavy (non-hydrogen) atoms. The highest BCUT2D eigenvalue weighted by atomic mass is 16.5. The lowest BCUT2D eigenvalue weighted by Gasteiger charge is -2.09. The quantitative estimate of drug-likeness (QED) is 0.500. The molecule has 2 aromatic heterocycles. The molecule has 2 aromatic carbocycles. The minimum atomic E-state index is -0.389. The van der Waals surface area contributed by atoms with Crippen LogP contribution >= 0.6 is 0 Å². The zero-order valence-corrected chi connectivity index (χ0v) is 15.8. The van der Waals surface area contributed by atoms with E-state index in [2.05, 4.69) is 5.32 Å². The number of amides is 1. The van der Waals surface area contributed by atoms with Crippen LogP contribution in [0.2, 0.25) is 0 Å². The molecule has 1 amide bonds. The van der Waals surface area contributed by atoms with Crippen LogP contribution in [0.5, 0.6) is 5.75 Å². The van der Waals surface area contributed by atoms with E-state index in [-0.39, 0.29) is 18.1 Å². The molecule has 1 N–H and O–H groups in total. The zero-order valence-electron chi connectivity index (χ0n) is 15.8. The van der Waals surface area contributed by atoms with Crippen LogP contribution in [0.4, 0.5) is 0 Å². The molecule has 0 aliphatic heterocycles. The highest BCUT2D eigenvalue weighted by Crippen LogP contribution is 2.23. The van der Waals surface area contributed by atoms with Crippen LogP contribution in [0.25, 0.3) is 11.0 Å². The molecule has 6 heteroatoms. The van der Waals surface area contributed by atoms with E-state index in [1.165, 1.54) is 6.07 Å². The summed E-state index contributed by atoms with van der Waals surface area (Å²) >= 11 is 0. The number of nitrogens with one attached hydrogen (secondary N) is 1. The van der Waals surface area contributed by atoms with Crippen molar-refractivity contribution in [1.29, 1.82) is 0 Å². The van der Waals surface area contributed by atoms with Crippen LogP contribution in [0, 0.1) is 6.92 Å². The predicted molar refractivity (Wildman–Crippen MR) is 108 cm³/mol. The van der Waals surface area contributed by atoms with E-state index >= 15 is 0 Å². The molecule has 0 bridgehead atoms. The summed E-state index contributed by atoms with van der Waals surface area (Å²) in [4.78, 5) is 23.9. The Bertz CT molecular complexity index is 1210. The van der Waals surface area contributed by atoms with Crippen LogP contribution in [-0.2, 0) is 13.2 Å². The molecule has 0 atom stereocenters. The fourth-order valence-electron chi connectivity index (χ4n) is 3.05. The number of rotatable bonds is 6. The average Bonchev–Trinajstić information content (AvgIpc) is 3.24. The Hall–Kier alpha value is -3.80. The maximum absolute atomic E-state index is 12.3. The predicted octanol–water partition coefficient (Wildman–Crippen LogP) is 4.20. The molecule has 2 heterocycles. The number of carbonyl (C=O) groups is 1. The topological polar surface area (TPSA) is 81.7 Å². The van der Waals surface area contributed by atoms with Gasteiger partial charge in [0.05, 0.1) is 12.8 Å². The normalized spacial score (nSPS) is 10.8. The lowest BCUT2D eigenvalue weighted by Crippen LogP contribution is -2.22. The molecular weight excluding hydrogens is 370 g/mol. The van der Waals surface area contributed by atoms with Crippen LogP contribution in [0.15, 0.2) is 80.6 Å². The third-order valence-corrected chi connectivity index (χ3v) is 4.52. The molecule has 0 fully saturated rings. The molecule has 0 aliphatic carbocycles. The van der Waals surface area contributed by atoms with Gasteiger partial charge in [0.2, 0.25) is 0 Å². The van der Waals surface area contributed by atoms with E-state index < -0.39 is 0 Å². The second-order valence-electron chi connectivity index (χ2n) is 6.66. The maximum atomic E-state index is 12.3. The van der Waals surface area contributed by atoms with Gasteiger partial charge >= 0.3 is 5.63 Å². The number of furan rings is 1. The number of hydrogen-bond donors (Lipinski definition) is 1. The van der Waals surface area contributed by atoms with Gasteiger partial charge in [-0.25, -0.2) is 4.79 Å². The summed E-state index contributed by atoms with van der Waals surface area (Å²) in [6.45, 7) is 2.47. The Morgan fingerprint density at radius 1 is 1.07 bits per heavy atom. The van der Waals surface area contributed by atoms with E-state index in [1.807, 2.05) is 31.2 Å². The molecule has 0 saturated heterocycles. The summed E-state index contributed by atoms with van der Waals surface area (Å²) in [6.07, 6.45) is 1.57. The van der Waals surface area contributed by atoms with Crippen LogP contribution in [0.1, 0.15) is 27.2 Å². The number of benzene rings is 2. The number of ether oxygens (including phenoxy) is 1. The maximum Gasteiger partial charge on any atom is 0.336 e. The van der Waals surface area contributed by atoms with Crippen molar-refractivity contribution in [3.05, 3.63) is 99.8 Å². The Morgan fingerprint density at radius 2 is 1.97 bits per heavy atom. The van der Waals surface area contributed by atoms with Crippen molar-refractivity contribution in [2.75, 3.05) is 0 Å². The van der Waals surface area contributed by atoms with Crippen LogP contribution in [-0.4, -0.2) is 5.91 Å². The van der Waals surface area contributed by atoms with Crippen molar-refractivity contribution >= 4 is 16.9 Å². The molecule has 6 nitrogen and oxygen atoms in total. The minimum Gasteiger partial charge on any atom is -0.489 e. The molecule has 4 aromatic rings. The Balaban J connectivity index is 1.43. The molecule has 146 valence electrons. The van der Waals surface area contributed by atoms with E-state index in [0.29, 0.717) is 29.2 Å². The van der Waals surface area contributed by atoms with Gasteiger partial charge in [0.25, 0.3) is 5.91 Å². The van der Waals surface area contributed by atoms with E-state index in [0.717, 1.165) is 16.5 Å². The van der Waals surface area contributed by atoms with Gasteiger partial charge in [0.15, 0.2) is 0 Å². The summed E-state index contributed by atoms with van der Waals surface area (Å²) in [5.74, 6) is 1.08. The highest BCUT2D eigenvalue weighted by molar-refractivity contribution is 5.94. The van der Waals surface area contributed by atoms with Crippen molar-refractivity contribution in [2.24, 2.45) is 0 Å². The summed E-state index contributed by atoms with van der Waals surface area (Å²) in [6, 6.07) is 17.6. The molecule has 0 aliphatic rings. The zero-order chi connectivity index (χ0) is 20.2. The second kappa shape index (κ2) is 8.06. The Morgan fingerprint density at radius 3 is 2.79 bits per heavy atom. The third kappa shape index (κ3) is 4.38. The second-order valence-corrected chi connectivity index (χ2v) is 6.66. The summed E-state index contributed by atoms with van der Waals surface area (Å²) < 4.78 is 16.3. The van der Waals surface area contributed by atoms with E-state index in [9.17, 15) is 9.59 Å². The van der Waals surface area contributed by atoms with Gasteiger partial charge in [-0.05, 0) is 54.4 Å². The average molecular weight is 389 g/mol. The Kier molecular flexibility index (Phi) is 5.16. The van der Waals surface area contributed by atoms with E-state index in [4.69, 9.17) is 13.6 Å². The monoisotopic (exact) mass is 389 g/mol. The molecule has 0 unspecified atom stereocenters. The fraction of sp³-hybridized carbons (Fsp3) is 0.130. The Labute approximate surface area is 166 Å². The number of carbonyl (C=O) groups excluding carboxylic acids is 1. The van der Waals surface area contributed by atoms with Gasteiger partial charge < -0.3 is 18.9 Å². The van der Waals surface area contributed by atoms with Crippen LogP contribution < -0.4 is 15.7 Å². The molecule has 0 radical (unpaired) electrons. The number of hydrogen-bond acceptors (Lipinski definition) is 5. The van der Waals surface area contributed by atoms with Gasteiger partial charge in [-0.15, -0.1) is 0 Å². The van der Waals surface area contributed by atoms with Crippen molar-refractivity contribution in [3.63, 3.8) is 0 Å². The van der Waals surface area contributed by atoms with Crippen LogP contribution in [0.3, 0.4) is 0 Å². The first-order valence-electron chi connectivity index (χ1n) is 9.15.